The SMILES string of the molecule is CCCCCCOc1ccc(C(=O)NC(=S)NC(CC)CO)cc1Br. The van der Waals surface area contributed by atoms with Crippen LogP contribution in [0, 0.1) is 0 Å². The maximum Gasteiger partial charge on any atom is 0.257 e. The van der Waals surface area contributed by atoms with Crippen LogP contribution in [0.5, 0.6) is 5.75 Å². The van der Waals surface area contributed by atoms with E-state index in [1.54, 1.807) is 18.2 Å². The summed E-state index contributed by atoms with van der Waals surface area (Å²) < 4.78 is 6.47. The number of halogens is 1. The Balaban J connectivity index is 2.54. The first-order valence-electron chi connectivity index (χ1n) is 8.66. The molecule has 1 amide bonds. The Bertz CT molecular complexity index is 565. The van der Waals surface area contributed by atoms with Gasteiger partial charge in [0, 0.05) is 5.56 Å². The number of nitrogens with one attached hydrogen (secondary N) is 2. The topological polar surface area (TPSA) is 70.6 Å². The number of unbranched alkanes of at least 4 members (excludes halogenated alkanes) is 3. The zero-order chi connectivity index (χ0) is 18.7. The number of amides is 1. The summed E-state index contributed by atoms with van der Waals surface area (Å²) in [7, 11) is 0. The van der Waals surface area contributed by atoms with Gasteiger partial charge in [-0.1, -0.05) is 33.1 Å². The van der Waals surface area contributed by atoms with E-state index in [9.17, 15) is 4.79 Å². The van der Waals surface area contributed by atoms with Gasteiger partial charge >= 0.3 is 0 Å². The number of hydrogen-bond acceptors (Lipinski definition) is 4. The standard InChI is InChI=1S/C18H27BrN2O3S/c1-3-5-6-7-10-24-16-9-8-13(11-15(16)19)17(23)21-18(25)20-14(4-2)12-22/h8-9,11,14,22H,3-7,10,12H2,1-2H3,(H2,20,21,23,25). The summed E-state index contributed by atoms with van der Waals surface area (Å²) in [6, 6.07) is 5.02. The van der Waals surface area contributed by atoms with Crippen LogP contribution in [0.4, 0.5) is 0 Å². The quantitative estimate of drug-likeness (QED) is 0.389. The van der Waals surface area contributed by atoms with Gasteiger partial charge in [-0.25, -0.2) is 0 Å². The molecule has 0 radical (unpaired) electrons. The maximum atomic E-state index is 12.2. The summed E-state index contributed by atoms with van der Waals surface area (Å²) in [5.41, 5.74) is 0.478. The van der Waals surface area contributed by atoms with Gasteiger partial charge in [-0.15, -0.1) is 0 Å². The van der Waals surface area contributed by atoms with E-state index in [-0.39, 0.29) is 23.7 Å². The van der Waals surface area contributed by atoms with Gasteiger partial charge in [0.15, 0.2) is 5.11 Å². The zero-order valence-electron chi connectivity index (χ0n) is 14.8. The Kier molecular flexibility index (Phi) is 10.7. The number of rotatable bonds is 10. The van der Waals surface area contributed by atoms with Gasteiger partial charge in [0.05, 0.1) is 23.7 Å². The van der Waals surface area contributed by atoms with Crippen molar-refractivity contribution in [1.29, 1.82) is 0 Å². The fourth-order valence-electron chi connectivity index (χ4n) is 2.14. The summed E-state index contributed by atoms with van der Waals surface area (Å²) in [5.74, 6) is 0.417. The van der Waals surface area contributed by atoms with Gasteiger partial charge in [0.1, 0.15) is 5.75 Å². The molecule has 0 saturated heterocycles. The van der Waals surface area contributed by atoms with Gasteiger partial charge in [-0.2, -0.15) is 0 Å². The molecule has 1 unspecified atom stereocenters. The molecule has 3 N–H and O–H groups in total. The fourth-order valence-corrected chi connectivity index (χ4v) is 2.90. The zero-order valence-corrected chi connectivity index (χ0v) is 17.2. The van der Waals surface area contributed by atoms with Gasteiger partial charge in [-0.05, 0) is 59.2 Å². The number of hydrogen-bond donors (Lipinski definition) is 3. The normalized spacial score (nSPS) is 11.7. The third-order valence-electron chi connectivity index (χ3n) is 3.72. The van der Waals surface area contributed by atoms with Crippen LogP contribution in [0.1, 0.15) is 56.3 Å². The van der Waals surface area contributed by atoms with Crippen molar-refractivity contribution >= 4 is 39.2 Å². The number of carbonyl (C=O) groups excluding carboxylic acids is 1. The van der Waals surface area contributed by atoms with Crippen molar-refractivity contribution in [3.63, 3.8) is 0 Å². The predicted octanol–water partition coefficient (Wildman–Crippen LogP) is 3.78. The highest BCUT2D eigenvalue weighted by Crippen LogP contribution is 2.26. The van der Waals surface area contributed by atoms with E-state index < -0.39 is 0 Å². The van der Waals surface area contributed by atoms with Crippen LogP contribution in [0.3, 0.4) is 0 Å². The minimum Gasteiger partial charge on any atom is -0.492 e. The summed E-state index contributed by atoms with van der Waals surface area (Å²) in [6.45, 7) is 4.73. The largest absolute Gasteiger partial charge is 0.492 e. The fraction of sp³-hybridized carbons (Fsp3) is 0.556. The minimum atomic E-state index is -0.305. The van der Waals surface area contributed by atoms with Crippen molar-refractivity contribution in [2.45, 2.75) is 52.0 Å². The van der Waals surface area contributed by atoms with Crippen molar-refractivity contribution in [3.8, 4) is 5.75 Å². The van der Waals surface area contributed by atoms with Crippen LogP contribution in [-0.4, -0.2) is 35.4 Å². The molecule has 140 valence electrons. The average Bonchev–Trinajstić information content (AvgIpc) is 2.60. The van der Waals surface area contributed by atoms with E-state index in [2.05, 4.69) is 33.5 Å². The number of thiocarbonyl (C=S) groups is 1. The molecular formula is C18H27BrN2O3S. The molecule has 0 saturated carbocycles. The second-order valence-corrected chi connectivity index (χ2v) is 7.03. The number of benzene rings is 1. The molecule has 0 heterocycles. The molecule has 0 bridgehead atoms. The molecule has 25 heavy (non-hydrogen) atoms. The van der Waals surface area contributed by atoms with E-state index in [1.807, 2.05) is 6.92 Å². The second-order valence-electron chi connectivity index (χ2n) is 5.77. The van der Waals surface area contributed by atoms with Crippen molar-refractivity contribution in [2.75, 3.05) is 13.2 Å². The first-order valence-corrected chi connectivity index (χ1v) is 9.86. The molecule has 5 nitrogen and oxygen atoms in total. The molecule has 1 atom stereocenters. The summed E-state index contributed by atoms with van der Waals surface area (Å²) in [5, 5.41) is 14.9. The Hall–Kier alpha value is -1.18. The van der Waals surface area contributed by atoms with E-state index in [0.717, 1.165) is 23.1 Å². The lowest BCUT2D eigenvalue weighted by Gasteiger charge is -2.16. The molecule has 1 rings (SSSR count). The van der Waals surface area contributed by atoms with Crippen molar-refractivity contribution in [3.05, 3.63) is 28.2 Å². The molecule has 0 aliphatic rings. The first kappa shape index (κ1) is 21.9. The molecule has 0 fully saturated rings. The second kappa shape index (κ2) is 12.2. The van der Waals surface area contributed by atoms with Crippen LogP contribution < -0.4 is 15.4 Å². The molecule has 0 spiro atoms. The van der Waals surface area contributed by atoms with E-state index in [4.69, 9.17) is 22.1 Å². The van der Waals surface area contributed by atoms with Crippen LogP contribution in [-0.2, 0) is 0 Å². The van der Waals surface area contributed by atoms with Crippen LogP contribution in [0.2, 0.25) is 0 Å². The highest BCUT2D eigenvalue weighted by Gasteiger charge is 2.12. The van der Waals surface area contributed by atoms with Crippen molar-refractivity contribution in [2.24, 2.45) is 0 Å². The van der Waals surface area contributed by atoms with Gasteiger partial charge in [-0.3, -0.25) is 10.1 Å². The Morgan fingerprint density at radius 1 is 1.32 bits per heavy atom. The molecule has 7 heteroatoms. The predicted molar refractivity (Wildman–Crippen MR) is 108 cm³/mol. The highest BCUT2D eigenvalue weighted by molar-refractivity contribution is 9.10. The summed E-state index contributed by atoms with van der Waals surface area (Å²) >= 11 is 8.54. The number of carbonyl (C=O) groups is 1. The monoisotopic (exact) mass is 430 g/mol. The molecule has 0 aromatic heterocycles. The first-order chi connectivity index (χ1) is 12.0. The maximum absolute atomic E-state index is 12.2. The van der Waals surface area contributed by atoms with Crippen molar-refractivity contribution in [1.82, 2.24) is 10.6 Å². The van der Waals surface area contributed by atoms with Gasteiger partial charge in [0.25, 0.3) is 5.91 Å². The third-order valence-corrected chi connectivity index (χ3v) is 4.56. The average molecular weight is 431 g/mol. The summed E-state index contributed by atoms with van der Waals surface area (Å²) in [6.07, 6.45) is 5.30. The number of aliphatic hydroxyl groups excluding tert-OH is 1. The minimum absolute atomic E-state index is 0.0393. The molecule has 0 aliphatic heterocycles. The Labute approximate surface area is 163 Å². The number of ether oxygens (including phenoxy) is 1. The molecular weight excluding hydrogens is 404 g/mol. The lowest BCUT2D eigenvalue weighted by atomic mass is 10.2. The lowest BCUT2D eigenvalue weighted by molar-refractivity contribution is 0.0976. The number of aliphatic hydroxyl groups is 1. The highest BCUT2D eigenvalue weighted by atomic mass is 79.9. The Morgan fingerprint density at radius 2 is 2.08 bits per heavy atom. The third kappa shape index (κ3) is 8.16. The van der Waals surface area contributed by atoms with Gasteiger partial charge < -0.3 is 15.2 Å². The molecule has 1 aromatic carbocycles. The Morgan fingerprint density at radius 3 is 2.68 bits per heavy atom. The van der Waals surface area contributed by atoms with E-state index in [0.29, 0.717) is 18.6 Å². The van der Waals surface area contributed by atoms with Crippen LogP contribution in [0.15, 0.2) is 22.7 Å². The van der Waals surface area contributed by atoms with Gasteiger partial charge in [0.2, 0.25) is 0 Å². The lowest BCUT2D eigenvalue weighted by Crippen LogP contribution is -2.45. The van der Waals surface area contributed by atoms with E-state index >= 15 is 0 Å². The summed E-state index contributed by atoms with van der Waals surface area (Å²) in [4.78, 5) is 12.2. The van der Waals surface area contributed by atoms with Crippen LogP contribution in [0.25, 0.3) is 0 Å². The smallest absolute Gasteiger partial charge is 0.257 e. The van der Waals surface area contributed by atoms with Crippen LogP contribution >= 0.6 is 28.1 Å². The van der Waals surface area contributed by atoms with E-state index in [1.165, 1.54) is 12.8 Å². The molecule has 1 aromatic rings. The molecule has 0 aliphatic carbocycles. The van der Waals surface area contributed by atoms with Crippen molar-refractivity contribution < 1.29 is 14.6 Å².